The SMILES string of the molecule is CC1(C)C2CC[C@@]3(C)OC(=O)OC[C@H]3[C@@]2(C)CC[C@@H]1Br. The lowest BCUT2D eigenvalue weighted by Gasteiger charge is -2.63. The Hall–Kier alpha value is -0.250. The molecule has 0 bridgehead atoms. The van der Waals surface area contributed by atoms with Crippen LogP contribution in [0.15, 0.2) is 0 Å². The molecule has 1 unspecified atom stereocenters. The molecule has 0 aromatic carbocycles. The molecule has 3 fully saturated rings. The third-order valence-corrected chi connectivity index (χ3v) is 8.22. The summed E-state index contributed by atoms with van der Waals surface area (Å²) in [5.41, 5.74) is 0.132. The molecule has 1 aliphatic heterocycles. The average molecular weight is 345 g/mol. The summed E-state index contributed by atoms with van der Waals surface area (Å²) < 4.78 is 10.9. The van der Waals surface area contributed by atoms with Crippen molar-refractivity contribution in [1.82, 2.24) is 0 Å². The first-order valence-electron chi connectivity index (χ1n) is 7.70. The second kappa shape index (κ2) is 4.37. The number of cyclic esters (lactones) is 1. The lowest BCUT2D eigenvalue weighted by atomic mass is 9.45. The van der Waals surface area contributed by atoms with Crippen molar-refractivity contribution in [2.24, 2.45) is 22.7 Å². The van der Waals surface area contributed by atoms with Gasteiger partial charge in [-0.05, 0) is 49.4 Å². The van der Waals surface area contributed by atoms with Crippen LogP contribution in [0, 0.1) is 22.7 Å². The first-order valence-corrected chi connectivity index (χ1v) is 8.61. The van der Waals surface area contributed by atoms with Gasteiger partial charge < -0.3 is 9.47 Å². The summed E-state index contributed by atoms with van der Waals surface area (Å²) >= 11 is 3.89. The number of ether oxygens (including phenoxy) is 2. The van der Waals surface area contributed by atoms with Gasteiger partial charge in [0.15, 0.2) is 0 Å². The van der Waals surface area contributed by atoms with Gasteiger partial charge in [-0.2, -0.15) is 0 Å². The van der Waals surface area contributed by atoms with Crippen molar-refractivity contribution < 1.29 is 14.3 Å². The Morgan fingerprint density at radius 3 is 2.50 bits per heavy atom. The number of carbonyl (C=O) groups excluding carboxylic acids is 1. The summed E-state index contributed by atoms with van der Waals surface area (Å²) in [5.74, 6) is 0.956. The number of halogens is 1. The van der Waals surface area contributed by atoms with Crippen molar-refractivity contribution in [3.63, 3.8) is 0 Å². The Morgan fingerprint density at radius 1 is 1.10 bits per heavy atom. The largest absolute Gasteiger partial charge is 0.508 e. The molecule has 3 rings (SSSR count). The van der Waals surface area contributed by atoms with Gasteiger partial charge in [0.05, 0.1) is 0 Å². The fraction of sp³-hybridized carbons (Fsp3) is 0.938. The highest BCUT2D eigenvalue weighted by atomic mass is 79.9. The molecule has 20 heavy (non-hydrogen) atoms. The third-order valence-electron chi connectivity index (χ3n) is 6.58. The standard InChI is InChI=1S/C16H25BrO3/c1-14(2)10-5-8-16(4)11(9-19-13(18)20-16)15(10,3)7-6-12(14)17/h10-12H,5-9H2,1-4H3/t10?,11-,12-,15-,16+/m0/s1. The molecule has 3 nitrogen and oxygen atoms in total. The van der Waals surface area contributed by atoms with Crippen molar-refractivity contribution >= 4 is 22.1 Å². The highest BCUT2D eigenvalue weighted by Crippen LogP contribution is 2.64. The zero-order valence-electron chi connectivity index (χ0n) is 12.9. The Morgan fingerprint density at radius 2 is 1.80 bits per heavy atom. The normalized spacial score (nSPS) is 50.5. The maximum Gasteiger partial charge on any atom is 0.508 e. The van der Waals surface area contributed by atoms with Crippen molar-refractivity contribution in [3.05, 3.63) is 0 Å². The van der Waals surface area contributed by atoms with E-state index in [2.05, 4.69) is 43.6 Å². The molecule has 5 atom stereocenters. The molecule has 1 saturated heterocycles. The van der Waals surface area contributed by atoms with Crippen LogP contribution < -0.4 is 0 Å². The second-order valence-corrected chi connectivity index (χ2v) is 9.06. The van der Waals surface area contributed by atoms with E-state index in [9.17, 15) is 4.79 Å². The molecule has 114 valence electrons. The van der Waals surface area contributed by atoms with E-state index in [-0.39, 0.29) is 16.4 Å². The van der Waals surface area contributed by atoms with E-state index in [1.807, 2.05) is 0 Å². The summed E-state index contributed by atoms with van der Waals surface area (Å²) in [7, 11) is 0. The molecule has 0 aromatic heterocycles. The van der Waals surface area contributed by atoms with Crippen LogP contribution in [0.5, 0.6) is 0 Å². The van der Waals surface area contributed by atoms with Gasteiger partial charge in [0.25, 0.3) is 0 Å². The fourth-order valence-corrected chi connectivity index (χ4v) is 5.88. The van der Waals surface area contributed by atoms with Crippen LogP contribution in [-0.2, 0) is 9.47 Å². The molecule has 1 heterocycles. The first-order chi connectivity index (χ1) is 9.20. The minimum Gasteiger partial charge on any atom is -0.434 e. The minimum absolute atomic E-state index is 0.196. The molecule has 4 heteroatoms. The number of hydrogen-bond donors (Lipinski definition) is 0. The van der Waals surface area contributed by atoms with Crippen LogP contribution in [-0.4, -0.2) is 23.2 Å². The molecular weight excluding hydrogens is 320 g/mol. The Kier molecular flexibility index (Phi) is 3.21. The van der Waals surface area contributed by atoms with E-state index in [4.69, 9.17) is 9.47 Å². The Bertz CT molecular complexity index is 435. The number of hydrogen-bond acceptors (Lipinski definition) is 3. The maximum absolute atomic E-state index is 11.5. The molecule has 0 amide bonds. The number of carbonyl (C=O) groups is 1. The minimum atomic E-state index is -0.487. The summed E-state index contributed by atoms with van der Waals surface area (Å²) in [6.07, 6.45) is 3.96. The highest BCUT2D eigenvalue weighted by Gasteiger charge is 2.63. The smallest absolute Gasteiger partial charge is 0.434 e. The van der Waals surface area contributed by atoms with E-state index in [0.717, 1.165) is 12.8 Å². The van der Waals surface area contributed by atoms with Gasteiger partial charge in [-0.25, -0.2) is 4.79 Å². The first kappa shape index (κ1) is 14.7. The molecule has 0 N–H and O–H groups in total. The Balaban J connectivity index is 1.97. The van der Waals surface area contributed by atoms with Gasteiger partial charge in [-0.3, -0.25) is 0 Å². The van der Waals surface area contributed by atoms with Crippen LogP contribution in [0.1, 0.15) is 53.4 Å². The monoisotopic (exact) mass is 344 g/mol. The Labute approximate surface area is 129 Å². The average Bonchev–Trinajstić information content (AvgIpc) is 2.33. The van der Waals surface area contributed by atoms with Gasteiger partial charge >= 0.3 is 6.16 Å². The van der Waals surface area contributed by atoms with Crippen LogP contribution in [0.4, 0.5) is 4.79 Å². The topological polar surface area (TPSA) is 35.5 Å². The van der Waals surface area contributed by atoms with E-state index < -0.39 is 6.16 Å². The molecule has 0 radical (unpaired) electrons. The van der Waals surface area contributed by atoms with Crippen molar-refractivity contribution in [3.8, 4) is 0 Å². The number of rotatable bonds is 0. The predicted octanol–water partition coefficient (Wildman–Crippen LogP) is 4.53. The molecule has 0 spiro atoms. The van der Waals surface area contributed by atoms with E-state index in [1.54, 1.807) is 0 Å². The zero-order valence-corrected chi connectivity index (χ0v) is 14.5. The van der Waals surface area contributed by atoms with E-state index in [1.165, 1.54) is 12.8 Å². The van der Waals surface area contributed by atoms with Gasteiger partial charge in [0.2, 0.25) is 0 Å². The van der Waals surface area contributed by atoms with Crippen LogP contribution in [0.3, 0.4) is 0 Å². The molecule has 0 aromatic rings. The zero-order chi connectivity index (χ0) is 14.8. The number of alkyl halides is 1. The van der Waals surface area contributed by atoms with Gasteiger partial charge in [-0.15, -0.1) is 0 Å². The van der Waals surface area contributed by atoms with Crippen LogP contribution >= 0.6 is 15.9 Å². The van der Waals surface area contributed by atoms with Crippen molar-refractivity contribution in [2.45, 2.75) is 63.8 Å². The lowest BCUT2D eigenvalue weighted by Crippen LogP contribution is -2.63. The van der Waals surface area contributed by atoms with E-state index in [0.29, 0.717) is 23.3 Å². The van der Waals surface area contributed by atoms with Crippen molar-refractivity contribution in [1.29, 1.82) is 0 Å². The lowest BCUT2D eigenvalue weighted by molar-refractivity contribution is -0.213. The summed E-state index contributed by atoms with van der Waals surface area (Å²) in [6, 6.07) is 0. The molecule has 2 aliphatic carbocycles. The van der Waals surface area contributed by atoms with Gasteiger partial charge in [0, 0.05) is 10.7 Å². The van der Waals surface area contributed by atoms with Crippen molar-refractivity contribution in [2.75, 3.05) is 6.61 Å². The summed E-state index contributed by atoms with van der Waals surface area (Å²) in [4.78, 5) is 12.1. The van der Waals surface area contributed by atoms with Gasteiger partial charge in [-0.1, -0.05) is 36.7 Å². The summed E-state index contributed by atoms with van der Waals surface area (Å²) in [5, 5.41) is 0. The predicted molar refractivity (Wildman–Crippen MR) is 80.9 cm³/mol. The molecular formula is C16H25BrO3. The highest BCUT2D eigenvalue weighted by molar-refractivity contribution is 9.09. The quantitative estimate of drug-likeness (QED) is 0.478. The van der Waals surface area contributed by atoms with Crippen LogP contribution in [0.25, 0.3) is 0 Å². The van der Waals surface area contributed by atoms with E-state index >= 15 is 0 Å². The van der Waals surface area contributed by atoms with Gasteiger partial charge in [0.1, 0.15) is 12.2 Å². The summed E-state index contributed by atoms with van der Waals surface area (Å²) in [6.45, 7) is 9.78. The molecule has 2 saturated carbocycles. The second-order valence-electron chi connectivity index (χ2n) is 7.95. The molecule has 3 aliphatic rings. The third kappa shape index (κ3) is 1.86. The maximum atomic E-state index is 11.5. The van der Waals surface area contributed by atoms with Crippen LogP contribution in [0.2, 0.25) is 0 Å². The fourth-order valence-electron chi connectivity index (χ4n) is 5.33. The number of fused-ring (bicyclic) bond motifs is 3.